The molecule has 2 N–H and O–H groups in total. The fourth-order valence-corrected chi connectivity index (χ4v) is 3.17. The highest BCUT2D eigenvalue weighted by Gasteiger charge is 2.09. The van der Waals surface area contributed by atoms with Crippen molar-refractivity contribution >= 4 is 35.0 Å². The van der Waals surface area contributed by atoms with E-state index in [1.54, 1.807) is 0 Å². The molecular formula is C15H16N2O3S2. The van der Waals surface area contributed by atoms with Crippen molar-refractivity contribution in [3.05, 3.63) is 45.9 Å². The Kier molecular flexibility index (Phi) is 5.97. The number of carboxylic acids is 1. The Bertz CT molecular complexity index is 653. The van der Waals surface area contributed by atoms with E-state index >= 15 is 0 Å². The maximum atomic E-state index is 11.7. The average Bonchev–Trinajstić information content (AvgIpc) is 2.96. The fourth-order valence-electron chi connectivity index (χ4n) is 1.67. The number of nitrogens with one attached hydrogen (secondary N) is 1. The lowest BCUT2D eigenvalue weighted by molar-refractivity contribution is -0.118. The van der Waals surface area contributed by atoms with E-state index < -0.39 is 5.97 Å². The summed E-state index contributed by atoms with van der Waals surface area (Å²) in [6.45, 7) is 2.48. The van der Waals surface area contributed by atoms with Gasteiger partial charge in [-0.25, -0.2) is 9.78 Å². The minimum absolute atomic E-state index is 0.0411. The molecule has 0 radical (unpaired) electrons. The quantitative estimate of drug-likeness (QED) is 0.760. The number of hydrogen-bond donors (Lipinski definition) is 2. The van der Waals surface area contributed by atoms with Crippen molar-refractivity contribution < 1.29 is 14.7 Å². The third-order valence-electron chi connectivity index (χ3n) is 2.82. The first-order chi connectivity index (χ1) is 10.5. The van der Waals surface area contributed by atoms with Gasteiger partial charge >= 0.3 is 5.97 Å². The van der Waals surface area contributed by atoms with Gasteiger partial charge in [0.15, 0.2) is 5.69 Å². The summed E-state index contributed by atoms with van der Waals surface area (Å²) >= 11 is 2.78. The van der Waals surface area contributed by atoms with Crippen LogP contribution in [-0.2, 0) is 11.2 Å². The molecule has 0 aliphatic heterocycles. The third-order valence-corrected chi connectivity index (χ3v) is 4.74. The van der Waals surface area contributed by atoms with Gasteiger partial charge in [-0.2, -0.15) is 0 Å². The van der Waals surface area contributed by atoms with Crippen molar-refractivity contribution in [2.75, 3.05) is 12.3 Å². The van der Waals surface area contributed by atoms with Crippen molar-refractivity contribution in [1.29, 1.82) is 0 Å². The van der Waals surface area contributed by atoms with Crippen LogP contribution in [0, 0.1) is 6.92 Å². The van der Waals surface area contributed by atoms with Gasteiger partial charge < -0.3 is 10.4 Å². The van der Waals surface area contributed by atoms with Crippen LogP contribution in [-0.4, -0.2) is 34.3 Å². The van der Waals surface area contributed by atoms with Gasteiger partial charge in [0, 0.05) is 23.2 Å². The Hall–Kier alpha value is -1.86. The number of benzene rings is 1. The third kappa shape index (κ3) is 5.16. The van der Waals surface area contributed by atoms with E-state index in [2.05, 4.69) is 10.3 Å². The second-order valence-corrected chi connectivity index (χ2v) is 6.62. The van der Waals surface area contributed by atoms with Crippen LogP contribution in [0.1, 0.15) is 21.1 Å². The molecule has 22 heavy (non-hydrogen) atoms. The molecule has 1 aromatic carbocycles. The second-order valence-electron chi connectivity index (χ2n) is 4.63. The summed E-state index contributed by atoms with van der Waals surface area (Å²) in [5, 5.41) is 13.8. The molecule has 0 saturated heterocycles. The molecule has 7 heteroatoms. The highest BCUT2D eigenvalue weighted by Crippen LogP contribution is 2.17. The lowest BCUT2D eigenvalue weighted by atomic mass is 10.2. The summed E-state index contributed by atoms with van der Waals surface area (Å²) < 4.78 is 0. The van der Waals surface area contributed by atoms with E-state index in [1.807, 2.05) is 31.2 Å². The van der Waals surface area contributed by atoms with E-state index in [0.29, 0.717) is 23.7 Å². The van der Waals surface area contributed by atoms with Gasteiger partial charge in [0.05, 0.1) is 10.8 Å². The fraction of sp³-hybridized carbons (Fsp3) is 0.267. The van der Waals surface area contributed by atoms with Crippen molar-refractivity contribution in [2.24, 2.45) is 0 Å². The molecule has 1 aromatic heterocycles. The molecular weight excluding hydrogens is 320 g/mol. The van der Waals surface area contributed by atoms with Crippen LogP contribution in [0.2, 0.25) is 0 Å². The summed E-state index contributed by atoms with van der Waals surface area (Å²) in [4.78, 5) is 27.5. The summed E-state index contributed by atoms with van der Waals surface area (Å²) in [7, 11) is 0. The van der Waals surface area contributed by atoms with Crippen LogP contribution in [0.5, 0.6) is 0 Å². The minimum Gasteiger partial charge on any atom is -0.476 e. The molecule has 0 fully saturated rings. The molecule has 0 atom stereocenters. The van der Waals surface area contributed by atoms with E-state index in [4.69, 9.17) is 5.11 Å². The first kappa shape index (κ1) is 16.5. The van der Waals surface area contributed by atoms with Crippen LogP contribution >= 0.6 is 23.1 Å². The Balaban J connectivity index is 1.69. The van der Waals surface area contributed by atoms with Gasteiger partial charge in [-0.15, -0.1) is 23.1 Å². The Morgan fingerprint density at radius 2 is 2.05 bits per heavy atom. The van der Waals surface area contributed by atoms with Gasteiger partial charge in [-0.05, 0) is 19.1 Å². The number of aryl methyl sites for hydroxylation is 1. The number of nitrogens with zero attached hydrogens (tertiary/aromatic N) is 1. The Morgan fingerprint density at radius 1 is 1.32 bits per heavy atom. The zero-order valence-electron chi connectivity index (χ0n) is 12.0. The maximum Gasteiger partial charge on any atom is 0.355 e. The van der Waals surface area contributed by atoms with Gasteiger partial charge in [0.1, 0.15) is 0 Å². The number of thioether (sulfide) groups is 1. The van der Waals surface area contributed by atoms with Gasteiger partial charge in [0.25, 0.3) is 0 Å². The molecule has 1 amide bonds. The van der Waals surface area contributed by atoms with Crippen LogP contribution in [0.15, 0.2) is 34.5 Å². The highest BCUT2D eigenvalue weighted by molar-refractivity contribution is 8.00. The number of carbonyl (C=O) groups excluding carboxylic acids is 1. The molecule has 5 nitrogen and oxygen atoms in total. The molecule has 0 aliphatic carbocycles. The van der Waals surface area contributed by atoms with E-state index in [-0.39, 0.29) is 11.6 Å². The molecule has 2 aromatic rings. The topological polar surface area (TPSA) is 79.3 Å². The Morgan fingerprint density at radius 3 is 2.68 bits per heavy atom. The SMILES string of the molecule is Cc1ccc(SCC(=O)NCCc2nc(C(=O)O)cs2)cc1. The zero-order chi connectivity index (χ0) is 15.9. The number of amides is 1. The van der Waals surface area contributed by atoms with Gasteiger partial charge in [-0.1, -0.05) is 17.7 Å². The molecule has 0 saturated carbocycles. The van der Waals surface area contributed by atoms with E-state index in [0.717, 1.165) is 4.90 Å². The minimum atomic E-state index is -1.03. The summed E-state index contributed by atoms with van der Waals surface area (Å²) in [5.74, 6) is -0.706. The highest BCUT2D eigenvalue weighted by atomic mass is 32.2. The summed E-state index contributed by atoms with van der Waals surface area (Å²) in [5.41, 5.74) is 1.25. The van der Waals surface area contributed by atoms with Crippen LogP contribution in [0.4, 0.5) is 0 Å². The summed E-state index contributed by atoms with van der Waals surface area (Å²) in [6.07, 6.45) is 0.541. The molecule has 0 aliphatic rings. The molecule has 116 valence electrons. The normalized spacial score (nSPS) is 10.4. The van der Waals surface area contributed by atoms with Gasteiger partial charge in [0.2, 0.25) is 5.91 Å². The van der Waals surface area contributed by atoms with Gasteiger partial charge in [-0.3, -0.25) is 4.79 Å². The van der Waals surface area contributed by atoms with Crippen molar-refractivity contribution in [1.82, 2.24) is 10.3 Å². The first-order valence-corrected chi connectivity index (χ1v) is 8.55. The molecule has 0 bridgehead atoms. The van der Waals surface area contributed by atoms with E-state index in [1.165, 1.54) is 34.0 Å². The lowest BCUT2D eigenvalue weighted by Gasteiger charge is -2.04. The van der Waals surface area contributed by atoms with Crippen molar-refractivity contribution in [2.45, 2.75) is 18.2 Å². The predicted octanol–water partition coefficient (Wildman–Crippen LogP) is 2.60. The largest absolute Gasteiger partial charge is 0.476 e. The number of aromatic nitrogens is 1. The maximum absolute atomic E-state index is 11.7. The molecule has 2 rings (SSSR count). The lowest BCUT2D eigenvalue weighted by Crippen LogP contribution is -2.27. The molecule has 0 unspecified atom stereocenters. The Labute approximate surface area is 136 Å². The molecule has 0 spiro atoms. The number of hydrogen-bond acceptors (Lipinski definition) is 5. The molecule has 1 heterocycles. The summed E-state index contributed by atoms with van der Waals surface area (Å²) in [6, 6.07) is 8.03. The first-order valence-electron chi connectivity index (χ1n) is 6.68. The van der Waals surface area contributed by atoms with Crippen molar-refractivity contribution in [3.8, 4) is 0 Å². The standard InChI is InChI=1S/C15H16N2O3S2/c1-10-2-4-11(5-3-10)21-9-13(18)16-7-6-14-17-12(8-22-14)15(19)20/h2-5,8H,6-7,9H2,1H3,(H,16,18)(H,19,20). The predicted molar refractivity (Wildman–Crippen MR) is 87.7 cm³/mol. The van der Waals surface area contributed by atoms with Crippen LogP contribution in [0.25, 0.3) is 0 Å². The number of aromatic carboxylic acids is 1. The number of carboxylic acid groups (broad SMARTS) is 1. The monoisotopic (exact) mass is 336 g/mol. The van der Waals surface area contributed by atoms with Crippen molar-refractivity contribution in [3.63, 3.8) is 0 Å². The average molecular weight is 336 g/mol. The van der Waals surface area contributed by atoms with Crippen LogP contribution in [0.3, 0.4) is 0 Å². The number of thiazole rings is 1. The van der Waals surface area contributed by atoms with Crippen LogP contribution < -0.4 is 5.32 Å². The smallest absolute Gasteiger partial charge is 0.355 e. The van der Waals surface area contributed by atoms with E-state index in [9.17, 15) is 9.59 Å². The second kappa shape index (κ2) is 7.95. The number of carbonyl (C=O) groups is 2. The number of rotatable bonds is 7. The zero-order valence-corrected chi connectivity index (χ0v) is 13.7.